The van der Waals surface area contributed by atoms with Crippen LogP contribution in [0.1, 0.15) is 21.7 Å². The van der Waals surface area contributed by atoms with Crippen LogP contribution in [0.4, 0.5) is 5.69 Å². The minimum Gasteiger partial charge on any atom is -0.399 e. The number of hydrogen-bond acceptors (Lipinski definition) is 4. The number of carbonyl (C=O) groups is 1. The minimum atomic E-state index is -0.0493. The number of carbonyl (C=O) groups excluding carboxylic acids is 1. The van der Waals surface area contributed by atoms with Gasteiger partial charge in [0.25, 0.3) is 5.91 Å². The number of amides is 1. The predicted octanol–water partition coefficient (Wildman–Crippen LogP) is 1.62. The standard InChI is InChI=1S/C17H22N4O2/c1-12-8-13(2)21(19-12)11-16-10-20(6-7-23-16)17(22)14-4-3-5-15(18)9-14/h3-5,8-9,16H,6-7,10-11,18H2,1-2H3. The van der Waals surface area contributed by atoms with Gasteiger partial charge in [0, 0.05) is 30.0 Å². The van der Waals surface area contributed by atoms with Crippen LogP contribution in [-0.4, -0.2) is 46.4 Å². The second-order valence-electron chi connectivity index (χ2n) is 5.98. The Kier molecular flexibility index (Phi) is 4.34. The summed E-state index contributed by atoms with van der Waals surface area (Å²) in [6.45, 7) is 6.35. The summed E-state index contributed by atoms with van der Waals surface area (Å²) >= 11 is 0. The summed E-state index contributed by atoms with van der Waals surface area (Å²) < 4.78 is 7.75. The van der Waals surface area contributed by atoms with Crippen molar-refractivity contribution < 1.29 is 9.53 Å². The molecule has 2 heterocycles. The van der Waals surface area contributed by atoms with E-state index in [2.05, 4.69) is 5.10 Å². The number of nitrogens with two attached hydrogens (primary N) is 1. The van der Waals surface area contributed by atoms with Gasteiger partial charge in [-0.25, -0.2) is 0 Å². The Hall–Kier alpha value is -2.34. The van der Waals surface area contributed by atoms with Gasteiger partial charge in [-0.05, 0) is 38.1 Å². The molecule has 23 heavy (non-hydrogen) atoms. The van der Waals surface area contributed by atoms with E-state index in [1.807, 2.05) is 29.5 Å². The predicted molar refractivity (Wildman–Crippen MR) is 88.2 cm³/mol. The molecule has 1 saturated heterocycles. The van der Waals surface area contributed by atoms with Crippen molar-refractivity contribution in [2.45, 2.75) is 26.5 Å². The summed E-state index contributed by atoms with van der Waals surface area (Å²) in [5, 5.41) is 4.46. The highest BCUT2D eigenvalue weighted by Gasteiger charge is 2.26. The molecular formula is C17H22N4O2. The first-order valence-electron chi connectivity index (χ1n) is 7.80. The maximum Gasteiger partial charge on any atom is 0.254 e. The number of nitrogens with zero attached hydrogens (tertiary/aromatic N) is 3. The lowest BCUT2D eigenvalue weighted by molar-refractivity contribution is -0.0302. The fourth-order valence-electron chi connectivity index (χ4n) is 2.92. The normalized spacial score (nSPS) is 18.2. The molecule has 1 unspecified atom stereocenters. The van der Waals surface area contributed by atoms with E-state index in [1.165, 1.54) is 0 Å². The fourth-order valence-corrected chi connectivity index (χ4v) is 2.92. The van der Waals surface area contributed by atoms with Gasteiger partial charge in [-0.2, -0.15) is 5.10 Å². The molecule has 0 aliphatic carbocycles. The van der Waals surface area contributed by atoms with Gasteiger partial charge in [0.05, 0.1) is 24.9 Å². The Labute approximate surface area is 135 Å². The molecule has 1 amide bonds. The maximum absolute atomic E-state index is 12.6. The molecule has 122 valence electrons. The summed E-state index contributed by atoms with van der Waals surface area (Å²) in [6, 6.07) is 9.13. The molecule has 2 aromatic rings. The van der Waals surface area contributed by atoms with Crippen molar-refractivity contribution in [3.8, 4) is 0 Å². The molecule has 1 fully saturated rings. The number of rotatable bonds is 3. The third-order valence-electron chi connectivity index (χ3n) is 4.04. The van der Waals surface area contributed by atoms with Crippen molar-refractivity contribution in [1.29, 1.82) is 0 Å². The molecule has 1 aliphatic rings. The number of benzene rings is 1. The third-order valence-corrected chi connectivity index (χ3v) is 4.04. The lowest BCUT2D eigenvalue weighted by atomic mass is 10.1. The number of aryl methyl sites for hydroxylation is 2. The molecule has 0 spiro atoms. The number of anilines is 1. The van der Waals surface area contributed by atoms with Gasteiger partial charge in [0.15, 0.2) is 0 Å². The highest BCUT2D eigenvalue weighted by atomic mass is 16.5. The molecule has 1 aliphatic heterocycles. The van der Waals surface area contributed by atoms with Crippen molar-refractivity contribution in [2.24, 2.45) is 0 Å². The van der Waals surface area contributed by atoms with E-state index >= 15 is 0 Å². The highest BCUT2D eigenvalue weighted by Crippen LogP contribution is 2.15. The average Bonchev–Trinajstić information content (AvgIpc) is 2.84. The molecule has 0 radical (unpaired) electrons. The molecule has 3 rings (SSSR count). The zero-order valence-corrected chi connectivity index (χ0v) is 13.5. The van der Waals surface area contributed by atoms with Gasteiger partial charge >= 0.3 is 0 Å². The van der Waals surface area contributed by atoms with Crippen LogP contribution in [0.25, 0.3) is 0 Å². The second-order valence-corrected chi connectivity index (χ2v) is 5.98. The first-order chi connectivity index (χ1) is 11.0. The van der Waals surface area contributed by atoms with Crippen molar-refractivity contribution in [1.82, 2.24) is 14.7 Å². The molecule has 1 aromatic heterocycles. The zero-order chi connectivity index (χ0) is 16.4. The number of nitrogen functional groups attached to an aromatic ring is 1. The summed E-state index contributed by atoms with van der Waals surface area (Å²) in [7, 11) is 0. The second kappa shape index (κ2) is 6.42. The Morgan fingerprint density at radius 1 is 1.39 bits per heavy atom. The van der Waals surface area contributed by atoms with Crippen LogP contribution in [0.15, 0.2) is 30.3 Å². The molecule has 1 aromatic carbocycles. The fraction of sp³-hybridized carbons (Fsp3) is 0.412. The number of hydrogen-bond donors (Lipinski definition) is 1. The maximum atomic E-state index is 12.6. The molecular weight excluding hydrogens is 292 g/mol. The highest BCUT2D eigenvalue weighted by molar-refractivity contribution is 5.95. The van der Waals surface area contributed by atoms with Crippen LogP contribution in [0.3, 0.4) is 0 Å². The van der Waals surface area contributed by atoms with E-state index in [1.54, 1.807) is 24.3 Å². The van der Waals surface area contributed by atoms with Crippen LogP contribution in [-0.2, 0) is 11.3 Å². The number of ether oxygens (including phenoxy) is 1. The van der Waals surface area contributed by atoms with Crippen LogP contribution in [0, 0.1) is 13.8 Å². The first-order valence-corrected chi connectivity index (χ1v) is 7.80. The Balaban J connectivity index is 1.68. The number of aromatic nitrogens is 2. The molecule has 0 bridgehead atoms. The minimum absolute atomic E-state index is 0.000956. The van der Waals surface area contributed by atoms with Crippen LogP contribution >= 0.6 is 0 Å². The van der Waals surface area contributed by atoms with E-state index in [0.29, 0.717) is 37.5 Å². The number of morpholine rings is 1. The molecule has 6 heteroatoms. The Morgan fingerprint density at radius 2 is 2.22 bits per heavy atom. The SMILES string of the molecule is Cc1cc(C)n(CC2CN(C(=O)c3cccc(N)c3)CCO2)n1. The quantitative estimate of drug-likeness (QED) is 0.874. The van der Waals surface area contributed by atoms with Crippen molar-refractivity contribution in [3.63, 3.8) is 0 Å². The summed E-state index contributed by atoms with van der Waals surface area (Å²) in [6.07, 6.45) is -0.0493. The molecule has 2 N–H and O–H groups in total. The van der Waals surface area contributed by atoms with Gasteiger partial charge < -0.3 is 15.4 Å². The summed E-state index contributed by atoms with van der Waals surface area (Å²) in [5.74, 6) is -0.000956. The van der Waals surface area contributed by atoms with E-state index in [-0.39, 0.29) is 12.0 Å². The largest absolute Gasteiger partial charge is 0.399 e. The zero-order valence-electron chi connectivity index (χ0n) is 13.5. The average molecular weight is 314 g/mol. The summed E-state index contributed by atoms with van der Waals surface area (Å²) in [5.41, 5.74) is 9.08. The molecule has 0 saturated carbocycles. The Bertz CT molecular complexity index is 710. The van der Waals surface area contributed by atoms with E-state index in [4.69, 9.17) is 10.5 Å². The molecule has 6 nitrogen and oxygen atoms in total. The van der Waals surface area contributed by atoms with E-state index in [9.17, 15) is 4.79 Å². The van der Waals surface area contributed by atoms with Crippen LogP contribution in [0.2, 0.25) is 0 Å². The van der Waals surface area contributed by atoms with Crippen molar-refractivity contribution in [3.05, 3.63) is 47.3 Å². The van der Waals surface area contributed by atoms with Gasteiger partial charge in [-0.15, -0.1) is 0 Å². The Morgan fingerprint density at radius 3 is 2.91 bits per heavy atom. The summed E-state index contributed by atoms with van der Waals surface area (Å²) in [4.78, 5) is 14.4. The third kappa shape index (κ3) is 3.53. The van der Waals surface area contributed by atoms with E-state index < -0.39 is 0 Å². The first kappa shape index (κ1) is 15.6. The smallest absolute Gasteiger partial charge is 0.254 e. The lowest BCUT2D eigenvalue weighted by Crippen LogP contribution is -2.47. The topological polar surface area (TPSA) is 73.4 Å². The molecule has 1 atom stereocenters. The van der Waals surface area contributed by atoms with Gasteiger partial charge in [-0.1, -0.05) is 6.07 Å². The van der Waals surface area contributed by atoms with E-state index in [0.717, 1.165) is 11.4 Å². The van der Waals surface area contributed by atoms with Gasteiger partial charge in [-0.3, -0.25) is 9.48 Å². The van der Waals surface area contributed by atoms with Crippen molar-refractivity contribution in [2.75, 3.05) is 25.4 Å². The van der Waals surface area contributed by atoms with Crippen molar-refractivity contribution >= 4 is 11.6 Å². The van der Waals surface area contributed by atoms with Gasteiger partial charge in [0.2, 0.25) is 0 Å². The lowest BCUT2D eigenvalue weighted by Gasteiger charge is -2.33. The van der Waals surface area contributed by atoms with Crippen LogP contribution in [0.5, 0.6) is 0 Å². The van der Waals surface area contributed by atoms with Gasteiger partial charge in [0.1, 0.15) is 0 Å². The van der Waals surface area contributed by atoms with Crippen LogP contribution < -0.4 is 5.73 Å². The monoisotopic (exact) mass is 314 g/mol.